The zero-order valence-electron chi connectivity index (χ0n) is 18.0. The topological polar surface area (TPSA) is 79.0 Å². The molecule has 2 aliphatic rings. The molecule has 0 aromatic heterocycles. The van der Waals surface area contributed by atoms with E-state index in [-0.39, 0.29) is 24.9 Å². The van der Waals surface area contributed by atoms with Crippen molar-refractivity contribution < 1.29 is 23.5 Å². The monoisotopic (exact) mass is 439 g/mol. The van der Waals surface area contributed by atoms with Gasteiger partial charge in [-0.25, -0.2) is 9.18 Å². The van der Waals surface area contributed by atoms with Crippen LogP contribution in [0.1, 0.15) is 37.7 Å². The number of imide groups is 1. The molecule has 4 amide bonds. The molecular weight excluding hydrogens is 413 g/mol. The zero-order chi connectivity index (χ0) is 22.7. The molecule has 1 aliphatic heterocycles. The molecule has 7 nitrogen and oxygen atoms in total. The van der Waals surface area contributed by atoms with Crippen molar-refractivity contribution in [3.8, 4) is 5.75 Å². The van der Waals surface area contributed by atoms with Gasteiger partial charge in [0.15, 0.2) is 0 Å². The predicted octanol–water partition coefficient (Wildman–Crippen LogP) is 3.94. The summed E-state index contributed by atoms with van der Waals surface area (Å²) in [4.78, 5) is 40.9. The van der Waals surface area contributed by atoms with E-state index in [0.29, 0.717) is 24.3 Å². The smallest absolute Gasteiger partial charge is 0.327 e. The van der Waals surface area contributed by atoms with Crippen molar-refractivity contribution in [2.24, 2.45) is 0 Å². The van der Waals surface area contributed by atoms with E-state index in [1.165, 1.54) is 17.0 Å². The summed E-state index contributed by atoms with van der Waals surface area (Å²) in [7, 11) is 1.64. The summed E-state index contributed by atoms with van der Waals surface area (Å²) in [5.74, 6) is -0.699. The highest BCUT2D eigenvalue weighted by Gasteiger charge is 2.55. The van der Waals surface area contributed by atoms with Crippen LogP contribution in [0.15, 0.2) is 48.5 Å². The van der Waals surface area contributed by atoms with Gasteiger partial charge in [-0.2, -0.15) is 0 Å². The lowest BCUT2D eigenvalue weighted by Gasteiger charge is -2.35. The SMILES string of the molecule is CN1C(=O)N(CC(=O)Nc2cccc(COc3cccc(F)c3)c2)C(=O)C12CCCCC2. The highest BCUT2D eigenvalue weighted by Crippen LogP contribution is 2.39. The molecule has 2 aromatic carbocycles. The number of nitrogens with one attached hydrogen (secondary N) is 1. The molecular formula is C24H26FN3O4. The Bertz CT molecular complexity index is 1040. The first-order chi connectivity index (χ1) is 15.4. The number of nitrogens with zero attached hydrogens (tertiary/aromatic N) is 2. The molecule has 4 rings (SSSR count). The first kappa shape index (κ1) is 21.8. The Hall–Kier alpha value is -3.42. The van der Waals surface area contributed by atoms with Crippen LogP contribution in [0, 0.1) is 5.82 Å². The fraction of sp³-hybridized carbons (Fsp3) is 0.375. The van der Waals surface area contributed by atoms with Crippen LogP contribution in [-0.2, 0) is 16.2 Å². The molecule has 1 N–H and O–H groups in total. The van der Waals surface area contributed by atoms with Gasteiger partial charge in [0.1, 0.15) is 30.3 Å². The number of urea groups is 1. The Balaban J connectivity index is 1.37. The lowest BCUT2D eigenvalue weighted by atomic mass is 9.81. The molecule has 32 heavy (non-hydrogen) atoms. The maximum Gasteiger partial charge on any atom is 0.327 e. The molecule has 0 radical (unpaired) electrons. The Morgan fingerprint density at radius 1 is 1.09 bits per heavy atom. The van der Waals surface area contributed by atoms with Crippen molar-refractivity contribution in [1.82, 2.24) is 9.80 Å². The number of hydrogen-bond donors (Lipinski definition) is 1. The summed E-state index contributed by atoms with van der Waals surface area (Å²) in [6, 6.07) is 12.5. The number of anilines is 1. The van der Waals surface area contributed by atoms with Crippen LogP contribution in [0.3, 0.4) is 0 Å². The van der Waals surface area contributed by atoms with E-state index in [1.807, 2.05) is 6.07 Å². The fourth-order valence-electron chi connectivity index (χ4n) is 4.48. The number of hydrogen-bond acceptors (Lipinski definition) is 4. The average molecular weight is 439 g/mol. The Morgan fingerprint density at radius 2 is 1.84 bits per heavy atom. The molecule has 1 saturated heterocycles. The van der Waals surface area contributed by atoms with Gasteiger partial charge in [-0.15, -0.1) is 0 Å². The highest BCUT2D eigenvalue weighted by atomic mass is 19.1. The third kappa shape index (κ3) is 4.30. The summed E-state index contributed by atoms with van der Waals surface area (Å²) in [5, 5.41) is 2.74. The minimum Gasteiger partial charge on any atom is -0.489 e. The van der Waals surface area contributed by atoms with Crippen LogP contribution in [0.5, 0.6) is 5.75 Å². The van der Waals surface area contributed by atoms with Gasteiger partial charge < -0.3 is 15.0 Å². The molecule has 1 saturated carbocycles. The van der Waals surface area contributed by atoms with E-state index in [0.717, 1.165) is 29.7 Å². The lowest BCUT2D eigenvalue weighted by molar-refractivity contribution is -0.136. The summed E-state index contributed by atoms with van der Waals surface area (Å²) < 4.78 is 18.9. The summed E-state index contributed by atoms with van der Waals surface area (Å²) in [5.41, 5.74) is 0.500. The number of likely N-dealkylation sites (N-methyl/N-ethyl adjacent to an activating group) is 1. The van der Waals surface area contributed by atoms with E-state index in [9.17, 15) is 18.8 Å². The van der Waals surface area contributed by atoms with E-state index in [4.69, 9.17) is 4.74 Å². The lowest BCUT2D eigenvalue weighted by Crippen LogP contribution is -2.49. The molecule has 2 fully saturated rings. The second-order valence-electron chi connectivity index (χ2n) is 8.32. The minimum absolute atomic E-state index is 0.198. The first-order valence-electron chi connectivity index (χ1n) is 10.8. The van der Waals surface area contributed by atoms with Gasteiger partial charge in [-0.3, -0.25) is 14.5 Å². The molecule has 2 aromatic rings. The van der Waals surface area contributed by atoms with Gasteiger partial charge in [0.2, 0.25) is 5.91 Å². The van der Waals surface area contributed by atoms with Crippen molar-refractivity contribution in [3.63, 3.8) is 0 Å². The average Bonchev–Trinajstić information content (AvgIpc) is 2.95. The standard InChI is InChI=1S/C24H26FN3O4/c1-27-23(31)28(22(30)24(27)11-3-2-4-12-24)15-21(29)26-19-9-5-7-17(13-19)16-32-20-10-6-8-18(25)14-20/h5-10,13-14H,2-4,11-12,15-16H2,1H3,(H,26,29). The number of carbonyl (C=O) groups excluding carboxylic acids is 3. The largest absolute Gasteiger partial charge is 0.489 e. The van der Waals surface area contributed by atoms with E-state index in [2.05, 4.69) is 5.32 Å². The molecule has 0 atom stereocenters. The van der Waals surface area contributed by atoms with Crippen LogP contribution in [0.25, 0.3) is 0 Å². The van der Waals surface area contributed by atoms with E-state index >= 15 is 0 Å². The van der Waals surface area contributed by atoms with Crippen molar-refractivity contribution in [3.05, 3.63) is 59.9 Å². The number of carbonyl (C=O) groups is 3. The molecule has 0 bridgehead atoms. The van der Waals surface area contributed by atoms with E-state index in [1.54, 1.807) is 37.4 Å². The number of benzene rings is 2. The molecule has 168 valence electrons. The highest BCUT2D eigenvalue weighted by molar-refractivity contribution is 6.10. The second kappa shape index (κ2) is 8.98. The van der Waals surface area contributed by atoms with Crippen LogP contribution < -0.4 is 10.1 Å². The number of halogens is 1. The van der Waals surface area contributed by atoms with Crippen molar-refractivity contribution in [1.29, 1.82) is 0 Å². The van der Waals surface area contributed by atoms with Crippen molar-refractivity contribution >= 4 is 23.5 Å². The van der Waals surface area contributed by atoms with Gasteiger partial charge in [0.05, 0.1) is 0 Å². The van der Waals surface area contributed by atoms with Crippen LogP contribution in [0.4, 0.5) is 14.9 Å². The van der Waals surface area contributed by atoms with Gasteiger partial charge in [0.25, 0.3) is 5.91 Å². The third-order valence-corrected chi connectivity index (χ3v) is 6.20. The molecule has 8 heteroatoms. The van der Waals surface area contributed by atoms with Gasteiger partial charge in [0, 0.05) is 18.8 Å². The van der Waals surface area contributed by atoms with Crippen molar-refractivity contribution in [2.75, 3.05) is 18.9 Å². The Labute approximate surface area is 186 Å². The second-order valence-corrected chi connectivity index (χ2v) is 8.32. The van der Waals surface area contributed by atoms with Gasteiger partial charge in [-0.1, -0.05) is 37.5 Å². The van der Waals surface area contributed by atoms with Crippen LogP contribution in [0.2, 0.25) is 0 Å². The molecule has 1 heterocycles. The van der Waals surface area contributed by atoms with E-state index < -0.39 is 17.5 Å². The summed E-state index contributed by atoms with van der Waals surface area (Å²) in [6.45, 7) is -0.128. The molecule has 1 aliphatic carbocycles. The van der Waals surface area contributed by atoms with Crippen LogP contribution in [-0.4, -0.2) is 46.8 Å². The fourth-order valence-corrected chi connectivity index (χ4v) is 4.48. The Kier molecular flexibility index (Phi) is 6.12. The summed E-state index contributed by atoms with van der Waals surface area (Å²) >= 11 is 0. The van der Waals surface area contributed by atoms with Gasteiger partial charge in [-0.05, 0) is 42.7 Å². The van der Waals surface area contributed by atoms with Crippen LogP contribution >= 0.6 is 0 Å². The first-order valence-corrected chi connectivity index (χ1v) is 10.8. The maximum absolute atomic E-state index is 13.3. The molecule has 1 spiro atoms. The normalized spacial score (nSPS) is 17.7. The maximum atomic E-state index is 13.3. The van der Waals surface area contributed by atoms with Gasteiger partial charge >= 0.3 is 6.03 Å². The number of rotatable bonds is 6. The van der Waals surface area contributed by atoms with Crippen molar-refractivity contribution in [2.45, 2.75) is 44.2 Å². The summed E-state index contributed by atoms with van der Waals surface area (Å²) in [6.07, 6.45) is 4.12. The number of amides is 4. The number of ether oxygens (including phenoxy) is 1. The Morgan fingerprint density at radius 3 is 2.59 bits per heavy atom. The zero-order valence-corrected chi connectivity index (χ0v) is 18.0. The minimum atomic E-state index is -0.802. The quantitative estimate of drug-likeness (QED) is 0.692. The third-order valence-electron chi connectivity index (χ3n) is 6.20. The predicted molar refractivity (Wildman–Crippen MR) is 116 cm³/mol. The molecule has 0 unspecified atom stereocenters.